The SMILES string of the molecule is Cc1cc(-c2ccnc(Nc3cnn(C)c3)n2)ccc1CCCc1nc(C(C)(C)C)sc1C(=O)O. The highest BCUT2D eigenvalue weighted by Crippen LogP contribution is 2.30. The molecule has 3 aromatic heterocycles. The molecule has 182 valence electrons. The lowest BCUT2D eigenvalue weighted by molar-refractivity contribution is 0.0700. The Hall–Kier alpha value is -3.59. The molecule has 0 saturated carbocycles. The van der Waals surface area contributed by atoms with Crippen LogP contribution < -0.4 is 5.32 Å². The Kier molecular flexibility index (Phi) is 6.98. The van der Waals surface area contributed by atoms with Crippen LogP contribution in [0.25, 0.3) is 11.3 Å². The molecule has 0 aliphatic rings. The van der Waals surface area contributed by atoms with Crippen LogP contribution in [0.3, 0.4) is 0 Å². The Morgan fingerprint density at radius 2 is 1.97 bits per heavy atom. The summed E-state index contributed by atoms with van der Waals surface area (Å²) in [5.41, 5.74) is 5.63. The van der Waals surface area contributed by atoms with Gasteiger partial charge in [0.2, 0.25) is 5.95 Å². The molecule has 8 nitrogen and oxygen atoms in total. The minimum atomic E-state index is -0.893. The standard InChI is InChI=1S/C26H30N6O2S/c1-16-13-18(20-11-12-27-25(31-20)29-19-14-28-32(5)15-19)10-9-17(16)7-6-8-21-22(23(33)34)35-24(30-21)26(2,3)4/h9-15H,6-8H2,1-5H3,(H,33,34)(H,27,29,31). The molecule has 0 atom stereocenters. The van der Waals surface area contributed by atoms with Crippen LogP contribution in [0, 0.1) is 6.92 Å². The Labute approximate surface area is 209 Å². The number of hydrogen-bond acceptors (Lipinski definition) is 7. The number of carboxylic acids is 1. The molecule has 4 rings (SSSR count). The summed E-state index contributed by atoms with van der Waals surface area (Å²) in [6, 6.07) is 8.22. The maximum Gasteiger partial charge on any atom is 0.347 e. The summed E-state index contributed by atoms with van der Waals surface area (Å²) in [4.78, 5) is 25.7. The number of anilines is 2. The van der Waals surface area contributed by atoms with Crippen molar-refractivity contribution in [2.45, 2.75) is 52.4 Å². The van der Waals surface area contributed by atoms with Crippen molar-refractivity contribution in [2.24, 2.45) is 7.05 Å². The van der Waals surface area contributed by atoms with E-state index in [9.17, 15) is 9.90 Å². The van der Waals surface area contributed by atoms with Gasteiger partial charge in [-0.3, -0.25) is 4.68 Å². The molecule has 0 spiro atoms. The van der Waals surface area contributed by atoms with Gasteiger partial charge in [0.15, 0.2) is 0 Å². The molecule has 35 heavy (non-hydrogen) atoms. The van der Waals surface area contributed by atoms with Gasteiger partial charge in [-0.15, -0.1) is 11.3 Å². The Balaban J connectivity index is 1.44. The zero-order valence-corrected chi connectivity index (χ0v) is 21.5. The quantitative estimate of drug-likeness (QED) is 0.333. The predicted molar refractivity (Wildman–Crippen MR) is 138 cm³/mol. The molecule has 4 aromatic rings. The Morgan fingerprint density at radius 3 is 2.63 bits per heavy atom. The zero-order valence-electron chi connectivity index (χ0n) is 20.7. The largest absolute Gasteiger partial charge is 0.477 e. The van der Waals surface area contributed by atoms with Crippen molar-refractivity contribution >= 4 is 28.9 Å². The average molecular weight is 491 g/mol. The first-order valence-electron chi connectivity index (χ1n) is 11.5. The molecule has 1 aromatic carbocycles. The van der Waals surface area contributed by atoms with E-state index in [2.05, 4.69) is 71.3 Å². The smallest absolute Gasteiger partial charge is 0.347 e. The Morgan fingerprint density at radius 1 is 1.17 bits per heavy atom. The number of nitrogens with one attached hydrogen (secondary N) is 1. The van der Waals surface area contributed by atoms with Gasteiger partial charge in [0.05, 0.1) is 28.3 Å². The van der Waals surface area contributed by atoms with Crippen molar-refractivity contribution in [3.05, 3.63) is 69.6 Å². The monoisotopic (exact) mass is 490 g/mol. The topological polar surface area (TPSA) is 106 Å². The van der Waals surface area contributed by atoms with Crippen molar-refractivity contribution in [1.29, 1.82) is 0 Å². The van der Waals surface area contributed by atoms with Gasteiger partial charge in [0.1, 0.15) is 4.88 Å². The molecule has 0 amide bonds. The highest BCUT2D eigenvalue weighted by Gasteiger charge is 2.24. The second kappa shape index (κ2) is 9.95. The molecule has 9 heteroatoms. The van der Waals surface area contributed by atoms with E-state index in [4.69, 9.17) is 0 Å². The fourth-order valence-electron chi connectivity index (χ4n) is 3.79. The summed E-state index contributed by atoms with van der Waals surface area (Å²) >= 11 is 1.29. The second-order valence-corrected chi connectivity index (χ2v) is 10.6. The van der Waals surface area contributed by atoms with Crippen LogP contribution in [0.4, 0.5) is 11.6 Å². The van der Waals surface area contributed by atoms with Crippen LogP contribution in [-0.2, 0) is 25.3 Å². The van der Waals surface area contributed by atoms with Gasteiger partial charge in [0, 0.05) is 30.4 Å². The number of benzene rings is 1. The summed E-state index contributed by atoms with van der Waals surface area (Å²) in [5.74, 6) is -0.375. The fourth-order valence-corrected chi connectivity index (χ4v) is 4.79. The highest BCUT2D eigenvalue weighted by atomic mass is 32.1. The fraction of sp³-hybridized carbons (Fsp3) is 0.346. The van der Waals surface area contributed by atoms with Gasteiger partial charge in [-0.2, -0.15) is 5.10 Å². The number of aromatic carboxylic acids is 1. The van der Waals surface area contributed by atoms with Crippen molar-refractivity contribution in [1.82, 2.24) is 24.7 Å². The van der Waals surface area contributed by atoms with Crippen LogP contribution in [0.2, 0.25) is 0 Å². The summed E-state index contributed by atoms with van der Waals surface area (Å²) in [7, 11) is 1.86. The number of aromatic nitrogens is 5. The number of nitrogens with zero attached hydrogens (tertiary/aromatic N) is 5. The molecule has 0 radical (unpaired) electrons. The Bertz CT molecular complexity index is 1350. The summed E-state index contributed by atoms with van der Waals surface area (Å²) in [6.07, 6.45) is 7.66. The summed E-state index contributed by atoms with van der Waals surface area (Å²) in [5, 5.41) is 17.8. The lowest BCUT2D eigenvalue weighted by Crippen LogP contribution is -2.10. The number of aryl methyl sites for hydroxylation is 4. The normalized spacial score (nSPS) is 11.6. The summed E-state index contributed by atoms with van der Waals surface area (Å²) < 4.78 is 1.72. The average Bonchev–Trinajstić information content (AvgIpc) is 3.41. The van der Waals surface area contributed by atoms with Crippen LogP contribution in [0.5, 0.6) is 0 Å². The molecule has 0 fully saturated rings. The van der Waals surface area contributed by atoms with Gasteiger partial charge in [0.25, 0.3) is 0 Å². The van der Waals surface area contributed by atoms with Gasteiger partial charge in [-0.25, -0.2) is 19.7 Å². The zero-order chi connectivity index (χ0) is 25.2. The van der Waals surface area contributed by atoms with Crippen molar-refractivity contribution in [3.8, 4) is 11.3 Å². The molecule has 0 unspecified atom stereocenters. The minimum absolute atomic E-state index is 0.159. The van der Waals surface area contributed by atoms with Crippen molar-refractivity contribution < 1.29 is 9.90 Å². The van der Waals surface area contributed by atoms with E-state index in [1.54, 1.807) is 17.1 Å². The maximum atomic E-state index is 11.7. The minimum Gasteiger partial charge on any atom is -0.477 e. The van der Waals surface area contributed by atoms with Crippen LogP contribution in [-0.4, -0.2) is 35.8 Å². The van der Waals surface area contributed by atoms with E-state index in [0.29, 0.717) is 22.9 Å². The number of carboxylic acid groups (broad SMARTS) is 1. The third-order valence-electron chi connectivity index (χ3n) is 5.65. The lowest BCUT2D eigenvalue weighted by Gasteiger charge is -2.13. The van der Waals surface area contributed by atoms with E-state index in [-0.39, 0.29) is 5.41 Å². The van der Waals surface area contributed by atoms with Gasteiger partial charge >= 0.3 is 5.97 Å². The number of carbonyl (C=O) groups is 1. The number of thiazole rings is 1. The van der Waals surface area contributed by atoms with Gasteiger partial charge in [-0.05, 0) is 49.4 Å². The van der Waals surface area contributed by atoms with Gasteiger partial charge in [-0.1, -0.05) is 32.9 Å². The molecule has 2 N–H and O–H groups in total. The molecular formula is C26H30N6O2S. The number of hydrogen-bond donors (Lipinski definition) is 2. The van der Waals surface area contributed by atoms with E-state index in [1.807, 2.05) is 19.3 Å². The van der Waals surface area contributed by atoms with Crippen LogP contribution in [0.1, 0.15) is 58.7 Å². The van der Waals surface area contributed by atoms with E-state index >= 15 is 0 Å². The molecule has 0 saturated heterocycles. The molecular weight excluding hydrogens is 460 g/mol. The van der Waals surface area contributed by atoms with E-state index in [1.165, 1.54) is 22.5 Å². The van der Waals surface area contributed by atoms with E-state index in [0.717, 1.165) is 34.8 Å². The predicted octanol–water partition coefficient (Wildman–Crippen LogP) is 5.56. The van der Waals surface area contributed by atoms with Crippen molar-refractivity contribution in [2.75, 3.05) is 5.32 Å². The van der Waals surface area contributed by atoms with Gasteiger partial charge < -0.3 is 10.4 Å². The first-order chi connectivity index (χ1) is 16.6. The molecule has 0 aliphatic carbocycles. The van der Waals surface area contributed by atoms with Crippen molar-refractivity contribution in [3.63, 3.8) is 0 Å². The first-order valence-corrected chi connectivity index (χ1v) is 12.3. The molecule has 3 heterocycles. The molecule has 0 bridgehead atoms. The third-order valence-corrected chi connectivity index (χ3v) is 7.16. The first kappa shape index (κ1) is 24.5. The van der Waals surface area contributed by atoms with Crippen LogP contribution >= 0.6 is 11.3 Å². The lowest BCUT2D eigenvalue weighted by atomic mass is 9.97. The highest BCUT2D eigenvalue weighted by molar-refractivity contribution is 7.13. The maximum absolute atomic E-state index is 11.7. The number of rotatable bonds is 8. The summed E-state index contributed by atoms with van der Waals surface area (Å²) in [6.45, 7) is 8.27. The van der Waals surface area contributed by atoms with E-state index < -0.39 is 5.97 Å². The second-order valence-electron chi connectivity index (χ2n) is 9.64. The molecule has 0 aliphatic heterocycles. The van der Waals surface area contributed by atoms with Crippen LogP contribution in [0.15, 0.2) is 42.9 Å². The third kappa shape index (κ3) is 5.92.